The molecule has 1 heterocycles. The zero-order chi connectivity index (χ0) is 13.7. The average Bonchev–Trinajstić information content (AvgIpc) is 2.75. The summed E-state index contributed by atoms with van der Waals surface area (Å²) in [6.45, 7) is 0. The molecular formula is C13H18BrNO2S2. The zero-order valence-electron chi connectivity index (χ0n) is 10.7. The first kappa shape index (κ1) is 15.2. The molecule has 0 saturated heterocycles. The number of carbonyl (C=O) groups is 1. The summed E-state index contributed by atoms with van der Waals surface area (Å²) in [6, 6.07) is 2.26. The van der Waals surface area contributed by atoms with E-state index in [1.54, 1.807) is 11.3 Å². The number of hydrogen-bond acceptors (Lipinski definition) is 3. The molecular weight excluding hydrogens is 346 g/mol. The Hall–Kier alpha value is -0.200. The quantitative estimate of drug-likeness (QED) is 0.872. The standard InChI is InChI=1S/C13H18BrNO2S2/c14-12-6-10(7-18-12)8-19(17)9-13(16)15-11-4-2-1-3-5-11/h6-7,11H,1-5,8-9H2,(H,15,16)/t19-/m0/s1. The van der Waals surface area contributed by atoms with Crippen LogP contribution in [0, 0.1) is 0 Å². The van der Waals surface area contributed by atoms with Gasteiger partial charge in [-0.2, -0.15) is 0 Å². The van der Waals surface area contributed by atoms with Crippen molar-refractivity contribution in [3.63, 3.8) is 0 Å². The van der Waals surface area contributed by atoms with Gasteiger partial charge in [0.15, 0.2) is 0 Å². The summed E-state index contributed by atoms with van der Waals surface area (Å²) >= 11 is 4.95. The third-order valence-electron chi connectivity index (χ3n) is 3.21. The van der Waals surface area contributed by atoms with Crippen LogP contribution < -0.4 is 5.32 Å². The second-order valence-corrected chi connectivity index (χ2v) is 8.64. The predicted octanol–water partition coefficient (Wildman–Crippen LogP) is 3.21. The van der Waals surface area contributed by atoms with E-state index in [0.717, 1.165) is 22.2 Å². The molecule has 0 radical (unpaired) electrons. The Labute approximate surface area is 128 Å². The number of halogens is 1. The van der Waals surface area contributed by atoms with Gasteiger partial charge in [-0.25, -0.2) is 0 Å². The molecule has 1 aliphatic rings. The second-order valence-electron chi connectivity index (χ2n) is 4.89. The lowest BCUT2D eigenvalue weighted by molar-refractivity contribution is -0.119. The number of rotatable bonds is 5. The van der Waals surface area contributed by atoms with Crippen molar-refractivity contribution >= 4 is 44.0 Å². The SMILES string of the molecule is O=C(C[S@@](=O)Cc1csc(Br)c1)NC1CCCCC1. The van der Waals surface area contributed by atoms with Crippen LogP contribution in [0.2, 0.25) is 0 Å². The van der Waals surface area contributed by atoms with E-state index >= 15 is 0 Å². The Morgan fingerprint density at radius 1 is 1.42 bits per heavy atom. The van der Waals surface area contributed by atoms with Gasteiger partial charge < -0.3 is 5.32 Å². The Morgan fingerprint density at radius 3 is 2.79 bits per heavy atom. The van der Waals surface area contributed by atoms with Crippen LogP contribution >= 0.6 is 27.3 Å². The minimum absolute atomic E-state index is 0.0699. The highest BCUT2D eigenvalue weighted by Gasteiger charge is 2.17. The Kier molecular flexibility index (Phi) is 6.04. The largest absolute Gasteiger partial charge is 0.353 e. The number of nitrogens with one attached hydrogen (secondary N) is 1. The van der Waals surface area contributed by atoms with E-state index in [4.69, 9.17) is 0 Å². The minimum Gasteiger partial charge on any atom is -0.353 e. The molecule has 1 N–H and O–H groups in total. The summed E-state index contributed by atoms with van der Waals surface area (Å²) < 4.78 is 12.9. The molecule has 1 amide bonds. The Bertz CT molecular complexity index is 455. The van der Waals surface area contributed by atoms with Crippen molar-refractivity contribution in [1.29, 1.82) is 0 Å². The smallest absolute Gasteiger partial charge is 0.232 e. The maximum Gasteiger partial charge on any atom is 0.232 e. The lowest BCUT2D eigenvalue weighted by atomic mass is 9.95. The van der Waals surface area contributed by atoms with Crippen LogP contribution in [0.1, 0.15) is 37.7 Å². The molecule has 1 aromatic heterocycles. The van der Waals surface area contributed by atoms with Gasteiger partial charge in [0.25, 0.3) is 0 Å². The average molecular weight is 364 g/mol. The summed E-state index contributed by atoms with van der Waals surface area (Å²) in [5.74, 6) is 0.504. The third kappa shape index (κ3) is 5.36. The van der Waals surface area contributed by atoms with E-state index in [-0.39, 0.29) is 11.7 Å². The molecule has 19 heavy (non-hydrogen) atoms. The Morgan fingerprint density at radius 2 is 2.16 bits per heavy atom. The highest BCUT2D eigenvalue weighted by Crippen LogP contribution is 2.21. The highest BCUT2D eigenvalue weighted by atomic mass is 79.9. The van der Waals surface area contributed by atoms with Gasteiger partial charge in [0, 0.05) is 22.6 Å². The molecule has 0 spiro atoms. The normalized spacial score (nSPS) is 18.2. The minimum atomic E-state index is -1.12. The van der Waals surface area contributed by atoms with Gasteiger partial charge in [-0.3, -0.25) is 9.00 Å². The fourth-order valence-electron chi connectivity index (χ4n) is 2.32. The second kappa shape index (κ2) is 7.55. The molecule has 1 aliphatic carbocycles. The molecule has 3 nitrogen and oxygen atoms in total. The number of amides is 1. The lowest BCUT2D eigenvalue weighted by Gasteiger charge is -2.22. The lowest BCUT2D eigenvalue weighted by Crippen LogP contribution is -2.38. The number of thiophene rings is 1. The summed E-state index contributed by atoms with van der Waals surface area (Å²) in [7, 11) is -1.12. The van der Waals surface area contributed by atoms with E-state index in [9.17, 15) is 9.00 Å². The first-order valence-corrected chi connectivity index (χ1v) is 9.67. The predicted molar refractivity (Wildman–Crippen MR) is 83.7 cm³/mol. The number of hydrogen-bond donors (Lipinski definition) is 1. The van der Waals surface area contributed by atoms with E-state index in [2.05, 4.69) is 21.2 Å². The first-order valence-electron chi connectivity index (χ1n) is 6.51. The van der Waals surface area contributed by atoms with Gasteiger partial charge in [0.05, 0.1) is 3.79 Å². The summed E-state index contributed by atoms with van der Waals surface area (Å²) in [5.41, 5.74) is 1.03. The van der Waals surface area contributed by atoms with Crippen LogP contribution in [0.25, 0.3) is 0 Å². The molecule has 0 bridgehead atoms. The van der Waals surface area contributed by atoms with Crippen molar-refractivity contribution in [2.24, 2.45) is 0 Å². The van der Waals surface area contributed by atoms with Crippen LogP contribution in [0.3, 0.4) is 0 Å². The third-order valence-corrected chi connectivity index (χ3v) is 6.00. The molecule has 0 aliphatic heterocycles. The van der Waals surface area contributed by atoms with Gasteiger partial charge >= 0.3 is 0 Å². The van der Waals surface area contributed by atoms with E-state index in [0.29, 0.717) is 11.8 Å². The maximum atomic E-state index is 11.9. The van der Waals surface area contributed by atoms with Gasteiger partial charge in [0.1, 0.15) is 5.75 Å². The monoisotopic (exact) mass is 363 g/mol. The summed E-state index contributed by atoms with van der Waals surface area (Å²) in [6.07, 6.45) is 5.78. The highest BCUT2D eigenvalue weighted by molar-refractivity contribution is 9.11. The van der Waals surface area contributed by atoms with Gasteiger partial charge in [0.2, 0.25) is 5.91 Å². The molecule has 1 atom stereocenters. The summed E-state index contributed by atoms with van der Waals surface area (Å²) in [4.78, 5) is 11.8. The van der Waals surface area contributed by atoms with Crippen LogP contribution in [-0.4, -0.2) is 21.9 Å². The van der Waals surface area contributed by atoms with Crippen molar-refractivity contribution in [3.8, 4) is 0 Å². The van der Waals surface area contributed by atoms with E-state index in [1.807, 2.05) is 11.4 Å². The van der Waals surface area contributed by atoms with Crippen molar-refractivity contribution < 1.29 is 9.00 Å². The van der Waals surface area contributed by atoms with Crippen LogP contribution in [0.4, 0.5) is 0 Å². The molecule has 0 aromatic carbocycles. The molecule has 6 heteroatoms. The first-order chi connectivity index (χ1) is 9.13. The number of carbonyl (C=O) groups excluding carboxylic acids is 1. The fraction of sp³-hybridized carbons (Fsp3) is 0.615. The van der Waals surface area contributed by atoms with Crippen LogP contribution in [0.5, 0.6) is 0 Å². The molecule has 1 fully saturated rings. The van der Waals surface area contributed by atoms with Crippen molar-refractivity contribution in [2.75, 3.05) is 5.75 Å². The Balaban J connectivity index is 1.73. The zero-order valence-corrected chi connectivity index (χ0v) is 13.9. The van der Waals surface area contributed by atoms with Crippen molar-refractivity contribution in [1.82, 2.24) is 5.32 Å². The van der Waals surface area contributed by atoms with Gasteiger partial charge in [-0.05, 0) is 45.8 Å². The molecule has 1 saturated carbocycles. The van der Waals surface area contributed by atoms with E-state index < -0.39 is 10.8 Å². The van der Waals surface area contributed by atoms with Crippen LogP contribution in [-0.2, 0) is 21.3 Å². The van der Waals surface area contributed by atoms with Gasteiger partial charge in [-0.1, -0.05) is 19.3 Å². The molecule has 106 valence electrons. The topological polar surface area (TPSA) is 46.2 Å². The molecule has 2 rings (SSSR count). The van der Waals surface area contributed by atoms with Crippen molar-refractivity contribution in [2.45, 2.75) is 43.9 Å². The van der Waals surface area contributed by atoms with Gasteiger partial charge in [-0.15, -0.1) is 11.3 Å². The van der Waals surface area contributed by atoms with Crippen molar-refractivity contribution in [3.05, 3.63) is 20.8 Å². The summed E-state index contributed by atoms with van der Waals surface area (Å²) in [5, 5.41) is 4.98. The van der Waals surface area contributed by atoms with E-state index in [1.165, 1.54) is 19.3 Å². The maximum absolute atomic E-state index is 11.9. The van der Waals surface area contributed by atoms with Crippen LogP contribution in [0.15, 0.2) is 15.2 Å². The molecule has 0 unspecified atom stereocenters. The molecule has 1 aromatic rings. The fourth-order valence-corrected chi connectivity index (χ4v) is 4.65.